The molecule has 1 aliphatic rings. The Morgan fingerprint density at radius 2 is 2.18 bits per heavy atom. The highest BCUT2D eigenvalue weighted by molar-refractivity contribution is 7.90. The SMILES string of the molecule is CCc1oncc1NS(=O)(=O)N1CCOCC1. The van der Waals surface area contributed by atoms with Gasteiger partial charge in [-0.1, -0.05) is 12.1 Å². The van der Waals surface area contributed by atoms with Gasteiger partial charge in [0, 0.05) is 19.5 Å². The topological polar surface area (TPSA) is 84.7 Å². The maximum absolute atomic E-state index is 12.0. The van der Waals surface area contributed by atoms with Crippen LogP contribution in [0.1, 0.15) is 12.7 Å². The van der Waals surface area contributed by atoms with Crippen molar-refractivity contribution in [3.8, 4) is 0 Å². The third kappa shape index (κ3) is 2.76. The molecule has 0 saturated carbocycles. The Hall–Kier alpha value is -1.12. The lowest BCUT2D eigenvalue weighted by atomic mass is 10.3. The van der Waals surface area contributed by atoms with Crippen LogP contribution in [0.3, 0.4) is 0 Å². The fourth-order valence-corrected chi connectivity index (χ4v) is 2.80. The van der Waals surface area contributed by atoms with E-state index in [1.54, 1.807) is 0 Å². The van der Waals surface area contributed by atoms with Gasteiger partial charge in [0.25, 0.3) is 0 Å². The van der Waals surface area contributed by atoms with Gasteiger partial charge in [-0.3, -0.25) is 4.72 Å². The first-order chi connectivity index (χ1) is 8.13. The van der Waals surface area contributed by atoms with E-state index in [0.717, 1.165) is 0 Å². The van der Waals surface area contributed by atoms with Crippen LogP contribution in [0, 0.1) is 0 Å². The van der Waals surface area contributed by atoms with E-state index in [1.807, 2.05) is 6.92 Å². The maximum Gasteiger partial charge on any atom is 0.301 e. The van der Waals surface area contributed by atoms with Gasteiger partial charge in [0.15, 0.2) is 5.76 Å². The summed E-state index contributed by atoms with van der Waals surface area (Å²) in [6.07, 6.45) is 1.96. The van der Waals surface area contributed by atoms with Gasteiger partial charge in [0.05, 0.1) is 19.4 Å². The van der Waals surface area contributed by atoms with E-state index >= 15 is 0 Å². The van der Waals surface area contributed by atoms with Crippen LogP contribution in [0.15, 0.2) is 10.7 Å². The quantitative estimate of drug-likeness (QED) is 0.838. The maximum atomic E-state index is 12.0. The number of aryl methyl sites for hydroxylation is 1. The van der Waals surface area contributed by atoms with E-state index in [1.165, 1.54) is 10.5 Å². The Labute approximate surface area is 99.9 Å². The number of morpholine rings is 1. The van der Waals surface area contributed by atoms with Crippen molar-refractivity contribution < 1.29 is 17.7 Å². The van der Waals surface area contributed by atoms with Gasteiger partial charge >= 0.3 is 10.2 Å². The first-order valence-electron chi connectivity index (χ1n) is 5.42. The van der Waals surface area contributed by atoms with Gasteiger partial charge in [-0.25, -0.2) is 0 Å². The summed E-state index contributed by atoms with van der Waals surface area (Å²) in [6, 6.07) is 0. The molecule has 0 aromatic carbocycles. The third-order valence-corrected chi connectivity index (χ3v) is 4.04. The first kappa shape index (κ1) is 12.3. The van der Waals surface area contributed by atoms with Gasteiger partial charge in [-0.15, -0.1) is 0 Å². The van der Waals surface area contributed by atoms with Crippen molar-refractivity contribution >= 4 is 15.9 Å². The Balaban J connectivity index is 2.11. The summed E-state index contributed by atoms with van der Waals surface area (Å²) in [7, 11) is -3.54. The van der Waals surface area contributed by atoms with Crippen molar-refractivity contribution in [3.63, 3.8) is 0 Å². The van der Waals surface area contributed by atoms with Crippen LogP contribution in [0.5, 0.6) is 0 Å². The summed E-state index contributed by atoms with van der Waals surface area (Å²) in [6.45, 7) is 3.44. The molecule has 1 saturated heterocycles. The molecule has 96 valence electrons. The summed E-state index contributed by atoms with van der Waals surface area (Å²) in [5.74, 6) is 0.529. The molecule has 0 aliphatic carbocycles. The summed E-state index contributed by atoms with van der Waals surface area (Å²) < 4.78 is 37.9. The predicted molar refractivity (Wildman–Crippen MR) is 60.8 cm³/mol. The largest absolute Gasteiger partial charge is 0.379 e. The number of hydrogen-bond acceptors (Lipinski definition) is 5. The lowest BCUT2D eigenvalue weighted by Crippen LogP contribution is -2.43. The highest BCUT2D eigenvalue weighted by Crippen LogP contribution is 2.18. The molecule has 7 nitrogen and oxygen atoms in total. The molecule has 1 fully saturated rings. The van der Waals surface area contributed by atoms with Crippen LogP contribution in [0.4, 0.5) is 5.69 Å². The van der Waals surface area contributed by atoms with Gasteiger partial charge in [0.2, 0.25) is 0 Å². The number of nitrogens with zero attached hydrogens (tertiary/aromatic N) is 2. The van der Waals surface area contributed by atoms with Crippen molar-refractivity contribution in [2.45, 2.75) is 13.3 Å². The molecular weight excluding hydrogens is 246 g/mol. The smallest absolute Gasteiger partial charge is 0.301 e. The standard InChI is InChI=1S/C9H15N3O4S/c1-2-9-8(7-10-16-9)11-17(13,14)12-3-5-15-6-4-12/h7,11H,2-6H2,1H3. The zero-order valence-corrected chi connectivity index (χ0v) is 10.4. The summed E-state index contributed by atoms with van der Waals surface area (Å²) in [5, 5.41) is 3.58. The van der Waals surface area contributed by atoms with Crippen LogP contribution in [-0.4, -0.2) is 44.2 Å². The molecule has 1 aromatic rings. The van der Waals surface area contributed by atoms with E-state index in [9.17, 15) is 8.42 Å². The number of ether oxygens (including phenoxy) is 1. The first-order valence-corrected chi connectivity index (χ1v) is 6.86. The number of aromatic nitrogens is 1. The van der Waals surface area contributed by atoms with E-state index < -0.39 is 10.2 Å². The Bertz CT molecular complexity index is 464. The molecule has 0 bridgehead atoms. The highest BCUT2D eigenvalue weighted by atomic mass is 32.2. The molecule has 0 spiro atoms. The summed E-state index contributed by atoms with van der Waals surface area (Å²) in [4.78, 5) is 0. The minimum atomic E-state index is -3.54. The molecule has 1 N–H and O–H groups in total. The fourth-order valence-electron chi connectivity index (χ4n) is 1.59. The summed E-state index contributed by atoms with van der Waals surface area (Å²) in [5.41, 5.74) is 0.402. The molecule has 8 heteroatoms. The Kier molecular flexibility index (Phi) is 3.65. The summed E-state index contributed by atoms with van der Waals surface area (Å²) >= 11 is 0. The fraction of sp³-hybridized carbons (Fsp3) is 0.667. The number of rotatable bonds is 4. The molecule has 0 amide bonds. The lowest BCUT2D eigenvalue weighted by Gasteiger charge is -2.26. The second-order valence-corrected chi connectivity index (χ2v) is 5.31. The Morgan fingerprint density at radius 1 is 1.47 bits per heavy atom. The normalized spacial score (nSPS) is 18.2. The zero-order valence-electron chi connectivity index (χ0n) is 9.55. The van der Waals surface area contributed by atoms with Crippen molar-refractivity contribution in [3.05, 3.63) is 12.0 Å². The number of anilines is 1. The molecule has 2 heterocycles. The molecular formula is C9H15N3O4S. The van der Waals surface area contributed by atoms with Gasteiger partial charge in [-0.2, -0.15) is 12.7 Å². The minimum Gasteiger partial charge on any atom is -0.379 e. The molecule has 0 radical (unpaired) electrons. The monoisotopic (exact) mass is 261 g/mol. The van der Waals surface area contributed by atoms with Crippen LogP contribution in [0.2, 0.25) is 0 Å². The number of hydrogen-bond donors (Lipinski definition) is 1. The zero-order chi connectivity index (χ0) is 12.3. The van der Waals surface area contributed by atoms with Crippen LogP contribution in [-0.2, 0) is 21.4 Å². The van der Waals surface area contributed by atoms with Crippen molar-refractivity contribution in [2.75, 3.05) is 31.0 Å². The predicted octanol–water partition coefficient (Wildman–Crippen LogP) is 0.226. The van der Waals surface area contributed by atoms with Crippen molar-refractivity contribution in [2.24, 2.45) is 0 Å². The molecule has 2 rings (SSSR count). The third-order valence-electron chi connectivity index (χ3n) is 2.52. The minimum absolute atomic E-state index is 0.363. The highest BCUT2D eigenvalue weighted by Gasteiger charge is 2.25. The average Bonchev–Trinajstić information content (AvgIpc) is 2.77. The second kappa shape index (κ2) is 5.03. The molecule has 1 aliphatic heterocycles. The molecule has 0 atom stereocenters. The van der Waals surface area contributed by atoms with E-state index in [-0.39, 0.29) is 0 Å². The molecule has 1 aromatic heterocycles. The van der Waals surface area contributed by atoms with Crippen LogP contribution in [0.25, 0.3) is 0 Å². The van der Waals surface area contributed by atoms with Gasteiger partial charge in [-0.05, 0) is 0 Å². The average molecular weight is 261 g/mol. The lowest BCUT2D eigenvalue weighted by molar-refractivity contribution is 0.0733. The number of nitrogens with one attached hydrogen (secondary N) is 1. The van der Waals surface area contributed by atoms with Gasteiger partial charge in [0.1, 0.15) is 5.69 Å². The molecule has 0 unspecified atom stereocenters. The van der Waals surface area contributed by atoms with Gasteiger partial charge < -0.3 is 9.26 Å². The van der Waals surface area contributed by atoms with Crippen LogP contribution >= 0.6 is 0 Å². The second-order valence-electron chi connectivity index (χ2n) is 3.63. The van der Waals surface area contributed by atoms with Crippen molar-refractivity contribution in [1.82, 2.24) is 9.46 Å². The van der Waals surface area contributed by atoms with E-state index in [4.69, 9.17) is 9.26 Å². The van der Waals surface area contributed by atoms with Crippen molar-refractivity contribution in [1.29, 1.82) is 0 Å². The molecule has 17 heavy (non-hydrogen) atoms. The Morgan fingerprint density at radius 3 is 2.82 bits per heavy atom. The van der Waals surface area contributed by atoms with E-state index in [0.29, 0.717) is 44.2 Å². The van der Waals surface area contributed by atoms with E-state index in [2.05, 4.69) is 9.88 Å². The van der Waals surface area contributed by atoms with Crippen LogP contribution < -0.4 is 4.72 Å².